The summed E-state index contributed by atoms with van der Waals surface area (Å²) in [5.74, 6) is -0.335. The maximum atomic E-state index is 12.6. The lowest BCUT2D eigenvalue weighted by atomic mass is 10.2. The summed E-state index contributed by atoms with van der Waals surface area (Å²) in [7, 11) is 0. The largest absolute Gasteiger partial charge is 0.416 e. The van der Waals surface area contributed by atoms with E-state index in [9.17, 15) is 18.0 Å². The highest BCUT2D eigenvalue weighted by atomic mass is 35.5. The van der Waals surface area contributed by atoms with Gasteiger partial charge in [0.1, 0.15) is 0 Å². The van der Waals surface area contributed by atoms with Crippen LogP contribution in [-0.2, 0) is 11.0 Å². The Bertz CT molecular complexity index is 736. The first kappa shape index (κ1) is 18.4. The van der Waals surface area contributed by atoms with Crippen LogP contribution in [0.2, 0.25) is 10.0 Å². The molecular weight excluding hydrogens is 364 g/mol. The van der Waals surface area contributed by atoms with Crippen molar-refractivity contribution < 1.29 is 18.0 Å². The molecule has 0 saturated heterocycles. The molecule has 2 aromatic rings. The molecule has 0 atom stereocenters. The van der Waals surface area contributed by atoms with Crippen molar-refractivity contribution in [3.63, 3.8) is 0 Å². The number of carbonyl (C=O) groups excluding carboxylic acids is 1. The Morgan fingerprint density at radius 2 is 1.79 bits per heavy atom. The number of alkyl halides is 3. The average Bonchev–Trinajstić information content (AvgIpc) is 2.51. The minimum atomic E-state index is -4.40. The van der Waals surface area contributed by atoms with Gasteiger partial charge in [-0.1, -0.05) is 35.3 Å². The molecule has 2 aromatic carbocycles. The number of hydrogen-bond donors (Lipinski definition) is 2. The normalized spacial score (nSPS) is 11.2. The van der Waals surface area contributed by atoms with Gasteiger partial charge in [-0.3, -0.25) is 4.79 Å². The van der Waals surface area contributed by atoms with Crippen molar-refractivity contribution in [3.8, 4) is 0 Å². The Balaban J connectivity index is 1.88. The van der Waals surface area contributed by atoms with Crippen molar-refractivity contribution in [2.45, 2.75) is 12.6 Å². The lowest BCUT2D eigenvalue weighted by molar-refractivity contribution is -0.137. The molecule has 3 nitrogen and oxygen atoms in total. The molecule has 24 heavy (non-hydrogen) atoms. The molecule has 0 unspecified atom stereocenters. The molecule has 0 aromatic heterocycles. The van der Waals surface area contributed by atoms with Crippen LogP contribution in [-0.4, -0.2) is 12.5 Å². The van der Waals surface area contributed by atoms with E-state index in [1.54, 1.807) is 18.2 Å². The highest BCUT2D eigenvalue weighted by molar-refractivity contribution is 6.43. The molecule has 1 amide bonds. The van der Waals surface area contributed by atoms with Gasteiger partial charge in [0.25, 0.3) is 0 Å². The summed E-state index contributed by atoms with van der Waals surface area (Å²) in [6.07, 6.45) is -4.35. The van der Waals surface area contributed by atoms with Crippen LogP contribution in [0.25, 0.3) is 0 Å². The smallest absolute Gasteiger partial charge is 0.385 e. The molecule has 0 spiro atoms. The van der Waals surface area contributed by atoms with Crippen LogP contribution < -0.4 is 10.6 Å². The highest BCUT2D eigenvalue weighted by Gasteiger charge is 2.30. The summed E-state index contributed by atoms with van der Waals surface area (Å²) >= 11 is 11.8. The molecular formula is C16H13Cl2F3N2O. The van der Waals surface area contributed by atoms with Crippen LogP contribution in [0.4, 0.5) is 24.5 Å². The topological polar surface area (TPSA) is 41.1 Å². The van der Waals surface area contributed by atoms with Crippen molar-refractivity contribution in [2.24, 2.45) is 0 Å². The number of anilines is 2. The zero-order chi connectivity index (χ0) is 17.7. The van der Waals surface area contributed by atoms with Gasteiger partial charge in [0, 0.05) is 18.7 Å². The molecule has 2 N–H and O–H groups in total. The predicted molar refractivity (Wildman–Crippen MR) is 89.6 cm³/mol. The second-order valence-corrected chi connectivity index (χ2v) is 5.69. The number of benzene rings is 2. The summed E-state index contributed by atoms with van der Waals surface area (Å²) in [5.41, 5.74) is -0.0747. The van der Waals surface area contributed by atoms with Crippen LogP contribution >= 0.6 is 23.2 Å². The van der Waals surface area contributed by atoms with Crippen molar-refractivity contribution in [3.05, 3.63) is 58.1 Å². The Labute approximate surface area is 146 Å². The molecule has 2 rings (SSSR count). The zero-order valence-electron chi connectivity index (χ0n) is 12.3. The average molecular weight is 377 g/mol. The van der Waals surface area contributed by atoms with E-state index in [4.69, 9.17) is 23.2 Å². The SMILES string of the molecule is O=C(CCNc1cccc(C(F)(F)F)c1)Nc1cccc(Cl)c1Cl. The van der Waals surface area contributed by atoms with Crippen LogP contribution in [0, 0.1) is 0 Å². The van der Waals surface area contributed by atoms with Crippen molar-refractivity contribution in [1.29, 1.82) is 0 Å². The molecule has 0 aliphatic carbocycles. The molecule has 128 valence electrons. The van der Waals surface area contributed by atoms with Gasteiger partial charge in [0.05, 0.1) is 21.3 Å². The summed E-state index contributed by atoms with van der Waals surface area (Å²) in [6.45, 7) is 0.172. The first-order chi connectivity index (χ1) is 11.3. The van der Waals surface area contributed by atoms with Crippen molar-refractivity contribution in [1.82, 2.24) is 0 Å². The van der Waals surface area contributed by atoms with Crippen molar-refractivity contribution in [2.75, 3.05) is 17.2 Å². The predicted octanol–water partition coefficient (Wildman–Crippen LogP) is 5.45. The molecule has 0 radical (unpaired) electrons. The third-order valence-corrected chi connectivity index (χ3v) is 3.92. The van der Waals surface area contributed by atoms with Gasteiger partial charge < -0.3 is 10.6 Å². The van der Waals surface area contributed by atoms with Gasteiger partial charge >= 0.3 is 6.18 Å². The van der Waals surface area contributed by atoms with Crippen LogP contribution in [0.1, 0.15) is 12.0 Å². The number of carbonyl (C=O) groups is 1. The van der Waals surface area contributed by atoms with E-state index in [0.29, 0.717) is 16.4 Å². The quantitative estimate of drug-likeness (QED) is 0.727. The third kappa shape index (κ3) is 5.04. The molecule has 0 bridgehead atoms. The van der Waals surface area contributed by atoms with Gasteiger partial charge in [0.15, 0.2) is 0 Å². The minimum Gasteiger partial charge on any atom is -0.385 e. The zero-order valence-corrected chi connectivity index (χ0v) is 13.8. The number of hydrogen-bond acceptors (Lipinski definition) is 2. The Morgan fingerprint density at radius 3 is 2.50 bits per heavy atom. The van der Waals surface area contributed by atoms with E-state index >= 15 is 0 Å². The number of amides is 1. The maximum Gasteiger partial charge on any atom is 0.416 e. The second kappa shape index (κ2) is 7.77. The van der Waals surface area contributed by atoms with Crippen molar-refractivity contribution >= 4 is 40.5 Å². The van der Waals surface area contributed by atoms with Gasteiger partial charge in [-0.25, -0.2) is 0 Å². The molecule has 0 heterocycles. The lowest BCUT2D eigenvalue weighted by Crippen LogP contribution is -2.16. The van der Waals surface area contributed by atoms with E-state index in [-0.39, 0.29) is 23.9 Å². The Hall–Kier alpha value is -1.92. The Morgan fingerprint density at radius 1 is 1.08 bits per heavy atom. The lowest BCUT2D eigenvalue weighted by Gasteiger charge is -2.11. The van der Waals surface area contributed by atoms with Gasteiger partial charge in [-0.05, 0) is 30.3 Å². The first-order valence-corrected chi connectivity index (χ1v) is 7.68. The molecule has 0 saturated carbocycles. The molecule has 0 aliphatic rings. The second-order valence-electron chi connectivity index (χ2n) is 4.90. The summed E-state index contributed by atoms with van der Waals surface area (Å²) < 4.78 is 37.8. The Kier molecular flexibility index (Phi) is 5.96. The monoisotopic (exact) mass is 376 g/mol. The van der Waals surface area contributed by atoms with E-state index in [0.717, 1.165) is 12.1 Å². The van der Waals surface area contributed by atoms with Crippen LogP contribution in [0.5, 0.6) is 0 Å². The number of nitrogens with one attached hydrogen (secondary N) is 2. The van der Waals surface area contributed by atoms with E-state index in [1.165, 1.54) is 12.1 Å². The summed E-state index contributed by atoms with van der Waals surface area (Å²) in [5, 5.41) is 5.93. The van der Waals surface area contributed by atoms with Crippen LogP contribution in [0.15, 0.2) is 42.5 Å². The maximum absolute atomic E-state index is 12.6. The van der Waals surface area contributed by atoms with Crippen LogP contribution in [0.3, 0.4) is 0 Å². The molecule has 8 heteroatoms. The number of rotatable bonds is 5. The summed E-state index contributed by atoms with van der Waals surface area (Å²) in [6, 6.07) is 9.62. The fourth-order valence-electron chi connectivity index (χ4n) is 1.94. The van der Waals surface area contributed by atoms with Gasteiger partial charge in [-0.2, -0.15) is 13.2 Å². The third-order valence-electron chi connectivity index (χ3n) is 3.10. The van der Waals surface area contributed by atoms with E-state index in [1.807, 2.05) is 0 Å². The first-order valence-electron chi connectivity index (χ1n) is 6.92. The van der Waals surface area contributed by atoms with E-state index in [2.05, 4.69) is 10.6 Å². The van der Waals surface area contributed by atoms with Gasteiger partial charge in [-0.15, -0.1) is 0 Å². The number of halogens is 5. The fraction of sp³-hybridized carbons (Fsp3) is 0.188. The molecule has 0 aliphatic heterocycles. The van der Waals surface area contributed by atoms with E-state index < -0.39 is 11.7 Å². The standard InChI is InChI=1S/C16H13Cl2F3N2O/c17-12-5-2-6-13(15(12)18)23-14(24)7-8-22-11-4-1-3-10(9-11)16(19,20)21/h1-6,9,22H,7-8H2,(H,23,24). The minimum absolute atomic E-state index is 0.0547. The summed E-state index contributed by atoms with van der Waals surface area (Å²) in [4.78, 5) is 11.9. The van der Waals surface area contributed by atoms with Gasteiger partial charge in [0.2, 0.25) is 5.91 Å². The fourth-order valence-corrected chi connectivity index (χ4v) is 2.29. The highest BCUT2D eigenvalue weighted by Crippen LogP contribution is 2.31. The molecule has 0 fully saturated rings.